The van der Waals surface area contributed by atoms with Crippen LogP contribution in [-0.2, 0) is 12.0 Å². The predicted molar refractivity (Wildman–Crippen MR) is 99.0 cm³/mol. The number of hydrogen-bond donors (Lipinski definition) is 2. The van der Waals surface area contributed by atoms with Crippen molar-refractivity contribution < 1.29 is 0 Å². The van der Waals surface area contributed by atoms with E-state index >= 15 is 0 Å². The fourth-order valence-corrected chi connectivity index (χ4v) is 2.90. The van der Waals surface area contributed by atoms with Crippen LogP contribution in [0.25, 0.3) is 10.9 Å². The molecule has 2 N–H and O–H groups in total. The third-order valence-electron chi connectivity index (χ3n) is 3.94. The lowest BCUT2D eigenvalue weighted by atomic mass is 10.1. The lowest BCUT2D eigenvalue weighted by Gasteiger charge is -2.21. The van der Waals surface area contributed by atoms with Crippen LogP contribution in [0, 0.1) is 0 Å². The van der Waals surface area contributed by atoms with Crippen molar-refractivity contribution in [3.63, 3.8) is 0 Å². The predicted octanol–water partition coefficient (Wildman–Crippen LogP) is 3.79. The Labute approximate surface area is 145 Å². The molecule has 0 aliphatic rings. The summed E-state index contributed by atoms with van der Waals surface area (Å²) in [5.41, 5.74) is 2.25. The number of rotatable bonds is 4. The highest BCUT2D eigenvalue weighted by Crippen LogP contribution is 2.20. The van der Waals surface area contributed by atoms with E-state index in [1.54, 1.807) is 6.20 Å². The van der Waals surface area contributed by atoms with Crippen LogP contribution in [0.4, 0.5) is 5.69 Å². The molecule has 0 unspecified atom stereocenters. The van der Waals surface area contributed by atoms with Crippen LogP contribution in [0.3, 0.4) is 0 Å². The second kappa shape index (κ2) is 6.32. The lowest BCUT2D eigenvalue weighted by Crippen LogP contribution is -2.36. The monoisotopic (exact) mass is 344 g/mol. The molecule has 5 nitrogen and oxygen atoms in total. The molecule has 0 aliphatic heterocycles. The largest absolute Gasteiger partial charge is 0.382 e. The first kappa shape index (κ1) is 16.6. The van der Waals surface area contributed by atoms with Gasteiger partial charge in [-0.25, -0.2) is 4.68 Å². The van der Waals surface area contributed by atoms with Gasteiger partial charge in [-0.05, 0) is 38.8 Å². The van der Waals surface area contributed by atoms with Gasteiger partial charge in [0.2, 0.25) is 0 Å². The molecule has 0 fully saturated rings. The van der Waals surface area contributed by atoms with E-state index in [0.29, 0.717) is 12.2 Å². The van der Waals surface area contributed by atoms with Gasteiger partial charge in [-0.15, -0.1) is 0 Å². The number of nitrogens with one attached hydrogen (secondary N) is 2. The number of halogens is 1. The zero-order valence-electron chi connectivity index (χ0n) is 14.1. The summed E-state index contributed by atoms with van der Waals surface area (Å²) in [5.74, 6) is 0. The van der Waals surface area contributed by atoms with Crippen LogP contribution in [-0.4, -0.2) is 21.3 Å². The summed E-state index contributed by atoms with van der Waals surface area (Å²) in [7, 11) is 0. The quantitative estimate of drug-likeness (QED) is 0.757. The van der Waals surface area contributed by atoms with Crippen molar-refractivity contribution in [1.29, 1.82) is 0 Å². The summed E-state index contributed by atoms with van der Waals surface area (Å²) in [5, 5.41) is 8.83. The van der Waals surface area contributed by atoms with E-state index in [1.807, 2.05) is 39.1 Å². The number of nitrogens with zero attached hydrogens (tertiary/aromatic N) is 2. The Morgan fingerprint density at radius 3 is 2.79 bits per heavy atom. The third kappa shape index (κ3) is 3.17. The first-order valence-corrected chi connectivity index (χ1v) is 8.33. The molecular weight excluding hydrogens is 324 g/mol. The summed E-state index contributed by atoms with van der Waals surface area (Å²) < 4.78 is 1.40. The molecule has 0 saturated heterocycles. The van der Waals surface area contributed by atoms with Crippen molar-refractivity contribution in [1.82, 2.24) is 14.8 Å². The minimum absolute atomic E-state index is 0.179. The Hall–Kier alpha value is -2.27. The number of aromatic amines is 1. The van der Waals surface area contributed by atoms with E-state index in [4.69, 9.17) is 11.6 Å². The van der Waals surface area contributed by atoms with E-state index < -0.39 is 5.54 Å². The molecule has 0 spiro atoms. The fourth-order valence-electron chi connectivity index (χ4n) is 2.70. The van der Waals surface area contributed by atoms with E-state index in [9.17, 15) is 4.79 Å². The molecule has 0 atom stereocenters. The van der Waals surface area contributed by atoms with Crippen molar-refractivity contribution in [3.05, 3.63) is 57.6 Å². The average molecular weight is 345 g/mol. The molecule has 0 aliphatic carbocycles. The number of H-pyrrole nitrogens is 1. The first-order valence-electron chi connectivity index (χ1n) is 7.95. The number of para-hydroxylation sites is 1. The maximum atomic E-state index is 12.3. The standard InChI is InChI=1S/C18H21ClN4O/c1-18(2,3)23-17(24)16(19)15(11-22-23)20-9-8-12-10-21-14-7-5-4-6-13(12)14/h4-7,10-11,20-21H,8-9H2,1-3H3. The summed E-state index contributed by atoms with van der Waals surface area (Å²) >= 11 is 6.22. The molecule has 0 saturated carbocycles. The number of hydrogen-bond acceptors (Lipinski definition) is 3. The minimum Gasteiger partial charge on any atom is -0.382 e. The molecule has 2 aromatic heterocycles. The van der Waals surface area contributed by atoms with Crippen LogP contribution in [0.15, 0.2) is 41.5 Å². The summed E-state index contributed by atoms with van der Waals surface area (Å²) in [4.78, 5) is 15.6. The van der Waals surface area contributed by atoms with E-state index in [2.05, 4.69) is 27.5 Å². The van der Waals surface area contributed by atoms with E-state index in [-0.39, 0.29) is 10.6 Å². The Morgan fingerprint density at radius 1 is 1.29 bits per heavy atom. The third-order valence-corrected chi connectivity index (χ3v) is 4.30. The van der Waals surface area contributed by atoms with Crippen molar-refractivity contribution in [2.24, 2.45) is 0 Å². The minimum atomic E-state index is -0.400. The van der Waals surface area contributed by atoms with Crippen molar-refractivity contribution in [2.45, 2.75) is 32.7 Å². The highest BCUT2D eigenvalue weighted by Gasteiger charge is 2.19. The lowest BCUT2D eigenvalue weighted by molar-refractivity contribution is 0.338. The van der Waals surface area contributed by atoms with Crippen molar-refractivity contribution in [2.75, 3.05) is 11.9 Å². The van der Waals surface area contributed by atoms with Gasteiger partial charge in [0, 0.05) is 23.6 Å². The molecule has 24 heavy (non-hydrogen) atoms. The molecule has 0 bridgehead atoms. The summed E-state index contributed by atoms with van der Waals surface area (Å²) in [6, 6.07) is 8.19. The Morgan fingerprint density at radius 2 is 2.04 bits per heavy atom. The SMILES string of the molecule is CC(C)(C)n1ncc(NCCc2c[nH]c3ccccc23)c(Cl)c1=O. The second-order valence-corrected chi connectivity index (χ2v) is 7.17. The van der Waals surface area contributed by atoms with E-state index in [1.165, 1.54) is 15.6 Å². The Bertz CT molecular complexity index is 921. The maximum absolute atomic E-state index is 12.3. The molecule has 1 aromatic carbocycles. The molecule has 126 valence electrons. The van der Waals surface area contributed by atoms with Gasteiger partial charge in [0.15, 0.2) is 0 Å². The molecule has 2 heterocycles. The van der Waals surface area contributed by atoms with E-state index in [0.717, 1.165) is 11.9 Å². The number of fused-ring (bicyclic) bond motifs is 1. The Kier molecular flexibility index (Phi) is 4.37. The topological polar surface area (TPSA) is 62.7 Å². The smallest absolute Gasteiger partial charge is 0.288 e. The molecule has 3 aromatic rings. The van der Waals surface area contributed by atoms with Crippen LogP contribution < -0.4 is 10.9 Å². The molecule has 0 radical (unpaired) electrons. The highest BCUT2D eigenvalue weighted by molar-refractivity contribution is 6.32. The second-order valence-electron chi connectivity index (χ2n) is 6.80. The molecule has 6 heteroatoms. The van der Waals surface area contributed by atoms with Crippen LogP contribution in [0.2, 0.25) is 5.02 Å². The van der Waals surface area contributed by atoms with Crippen molar-refractivity contribution >= 4 is 28.2 Å². The highest BCUT2D eigenvalue weighted by atomic mass is 35.5. The molecule has 0 amide bonds. The zero-order valence-corrected chi connectivity index (χ0v) is 14.8. The Balaban J connectivity index is 1.73. The van der Waals surface area contributed by atoms with Gasteiger partial charge in [-0.2, -0.15) is 5.10 Å². The zero-order chi connectivity index (χ0) is 17.3. The normalized spacial score (nSPS) is 11.8. The maximum Gasteiger partial charge on any atom is 0.288 e. The summed E-state index contributed by atoms with van der Waals surface area (Å²) in [6.45, 7) is 6.42. The van der Waals surface area contributed by atoms with Gasteiger partial charge in [0.1, 0.15) is 5.02 Å². The summed E-state index contributed by atoms with van der Waals surface area (Å²) in [6.07, 6.45) is 4.46. The van der Waals surface area contributed by atoms with Gasteiger partial charge in [-0.1, -0.05) is 29.8 Å². The molecule has 3 rings (SSSR count). The van der Waals surface area contributed by atoms with Gasteiger partial charge in [-0.3, -0.25) is 4.79 Å². The first-order chi connectivity index (χ1) is 11.4. The number of anilines is 1. The van der Waals surface area contributed by atoms with Gasteiger partial charge in [0.05, 0.1) is 17.4 Å². The van der Waals surface area contributed by atoms with Gasteiger partial charge in [0.25, 0.3) is 5.56 Å². The van der Waals surface area contributed by atoms with Crippen LogP contribution in [0.5, 0.6) is 0 Å². The van der Waals surface area contributed by atoms with Gasteiger partial charge < -0.3 is 10.3 Å². The number of benzene rings is 1. The number of aromatic nitrogens is 3. The fraction of sp³-hybridized carbons (Fsp3) is 0.333. The molecular formula is C18H21ClN4O. The van der Waals surface area contributed by atoms with Gasteiger partial charge >= 0.3 is 0 Å². The van der Waals surface area contributed by atoms with Crippen molar-refractivity contribution in [3.8, 4) is 0 Å². The van der Waals surface area contributed by atoms with Crippen LogP contribution in [0.1, 0.15) is 26.3 Å². The average Bonchev–Trinajstić information content (AvgIpc) is 2.94. The van der Waals surface area contributed by atoms with Crippen LogP contribution >= 0.6 is 11.6 Å².